The Morgan fingerprint density at radius 3 is 0.736 bits per heavy atom. The van der Waals surface area contributed by atoms with Crippen LogP contribution in [0, 0.1) is 52.8 Å². The number of hydroxylamine groups is 5. The monoisotopic (exact) mass is 2390 g/mol. The van der Waals surface area contributed by atoms with Crippen molar-refractivity contribution in [2.75, 3.05) is 118 Å². The number of nitrogens with zero attached hydrogens (tertiary/aromatic N) is 20. The first kappa shape index (κ1) is 110. The summed E-state index contributed by atoms with van der Waals surface area (Å²) in [6, 6.07) is 19.9. The molecule has 25 N–H and O–H groups in total. The lowest BCUT2D eigenvalue weighted by molar-refractivity contribution is 0.210. The molecule has 0 saturated carbocycles. The van der Waals surface area contributed by atoms with Crippen LogP contribution in [0.5, 0.6) is 0 Å². The fourth-order valence-corrected chi connectivity index (χ4v) is 19.4. The van der Waals surface area contributed by atoms with Crippen LogP contribution < -0.4 is 79.7 Å². The molecule has 140 heavy (non-hydrogen) atoms. The predicted octanol–water partition coefficient (Wildman–Crippen LogP) is 4.97. The quantitative estimate of drug-likeness (QED) is 0.0122. The maximum Gasteiger partial charge on any atom is 0.277 e. The lowest BCUT2D eigenvalue weighted by Crippen LogP contribution is -2.56. The topological polar surface area (TPSA) is 795 Å². The van der Waals surface area contributed by atoms with Crippen molar-refractivity contribution in [2.24, 2.45) is 74.3 Å². The molecule has 5 aromatic carbocycles. The molecule has 5 fully saturated rings. The lowest BCUT2D eigenvalue weighted by Gasteiger charge is -2.38. The highest BCUT2D eigenvalue weighted by atomic mass is 79.9. The Morgan fingerprint density at radius 2 is 0.543 bits per heavy atom. The SMILES string of the molecule is NS(=O)(=O)N1CCC(CNc2nonc2C(=Nc2ccc(F)c(Br)c2)NO)C1.NS(=O)(=O)N1CCC1CNc1nonc1C(=Nc1ccc(F)c(Br)c1)NO.NS(=O)(=O)N1CCCC(CNc2nonc2C(=Nc2ccc(F)c(Br)c2)NO)C1.NS(=O)(=O)N1CC[C@@H](CNc2nonc2C(=Nc2ccc(F)c(Br)c2)NO)C1.NS(=O)(=O)N1CC[C@H](CNc2nonc2C(=Nc2ccc(F)c(Br)c2)NO)C1. The summed E-state index contributed by atoms with van der Waals surface area (Å²) in [6.45, 7) is 4.67. The zero-order chi connectivity index (χ0) is 102. The normalized spacial score (nSPS) is 18.4. The van der Waals surface area contributed by atoms with Crippen molar-refractivity contribution in [3.8, 4) is 0 Å². The van der Waals surface area contributed by atoms with Gasteiger partial charge in [0.05, 0.1) is 50.8 Å². The molecule has 0 amide bonds. The van der Waals surface area contributed by atoms with Crippen molar-refractivity contribution >= 4 is 217 Å². The average molecular weight is 2390 g/mol. The third kappa shape index (κ3) is 31.2. The first-order chi connectivity index (χ1) is 66.4. The molecular formula is C70H85Br5F5N35O20S5. The van der Waals surface area contributed by atoms with E-state index >= 15 is 0 Å². The number of aromatic nitrogens is 10. The number of hydrogen-bond donors (Lipinski definition) is 20. The first-order valence-corrected chi connectivity index (χ1v) is 51.8. The first-order valence-electron chi connectivity index (χ1n) is 40.3. The highest BCUT2D eigenvalue weighted by molar-refractivity contribution is 9.11. The van der Waals surface area contributed by atoms with Gasteiger partial charge in [-0.3, -0.25) is 53.4 Å². The molecule has 55 nitrogen and oxygen atoms in total. The highest BCUT2D eigenvalue weighted by Crippen LogP contribution is 2.33. The van der Waals surface area contributed by atoms with E-state index in [9.17, 15) is 90.1 Å². The molecule has 3 unspecified atom stereocenters. The van der Waals surface area contributed by atoms with Crippen molar-refractivity contribution in [3.63, 3.8) is 0 Å². The standard InChI is InChI=1S/C15H19BrFN7O4S.3C14H17BrFN7O4S.C13H15BrFN7O4S/c16-11-6-10(3-4-12(11)17)20-15(21-25)13-14(23-28-22-13)19-7-9-2-1-5-24(8-9)29(18,26)27;3*15-10-5-9(1-2-11(10)16)19-14(20-24)12-13(22-27-21-12)18-6-8-3-4-23(7-8)28(17,25)26;14-9-5-7(1-2-10(9)15)18-13(19-23)11-12(21-26-20-11)17-6-8-3-4-22(8)27(16,24)25/h3-4,6,9,25H,1-2,5,7-8H2,(H,19,23)(H,20,21)(H2,18,26,27);3*1-2,5,8,24H,3-4,6-7H2,(H,18,22)(H,19,20)(H2,17,25,26);1-2,5,8,23H,3-4,6H2,(H,17,21)(H,18,19)(H2,16,24,25)/t;2*8-;;/m.10../s1. The molecular weight excluding hydrogens is 2310 g/mol. The van der Waals surface area contributed by atoms with Crippen LogP contribution in [0.2, 0.25) is 0 Å². The van der Waals surface area contributed by atoms with Crippen LogP contribution in [-0.4, -0.2) is 268 Å². The van der Waals surface area contributed by atoms with Gasteiger partial charge in [-0.1, -0.05) is 0 Å². The van der Waals surface area contributed by atoms with Crippen LogP contribution in [0.25, 0.3) is 0 Å². The summed E-state index contributed by atoms with van der Waals surface area (Å²) in [4.78, 5) is 20.8. The summed E-state index contributed by atoms with van der Waals surface area (Å²) in [5.74, 6) is -1.65. The van der Waals surface area contributed by atoms with Crippen LogP contribution in [0.4, 0.5) is 79.5 Å². The van der Waals surface area contributed by atoms with Gasteiger partial charge in [0.25, 0.3) is 51.0 Å². The molecule has 760 valence electrons. The van der Waals surface area contributed by atoms with E-state index in [1.807, 2.05) is 27.4 Å². The molecule has 10 aromatic rings. The Balaban J connectivity index is 0.000000167. The van der Waals surface area contributed by atoms with Crippen molar-refractivity contribution in [2.45, 2.75) is 44.6 Å². The molecule has 5 aliphatic heterocycles. The van der Waals surface area contributed by atoms with Gasteiger partial charge in [-0.15, -0.1) is 0 Å². The lowest BCUT2D eigenvalue weighted by atomic mass is 10.00. The third-order valence-corrected chi connectivity index (χ3v) is 29.0. The summed E-state index contributed by atoms with van der Waals surface area (Å²) in [6.07, 6.45) is 4.03. The minimum absolute atomic E-state index is 0.00199. The van der Waals surface area contributed by atoms with Crippen LogP contribution in [0.1, 0.15) is 67.0 Å². The number of benzene rings is 5. The predicted molar refractivity (Wildman–Crippen MR) is 504 cm³/mol. The van der Waals surface area contributed by atoms with Crippen LogP contribution in [0.15, 0.2) is 161 Å². The fraction of sp³-hybridized carbons (Fsp3) is 0.357. The minimum atomic E-state index is -3.76. The van der Waals surface area contributed by atoms with Crippen LogP contribution in [-0.2, 0) is 51.0 Å². The molecule has 0 radical (unpaired) electrons. The Kier molecular flexibility index (Phi) is 39.1. The highest BCUT2D eigenvalue weighted by Gasteiger charge is 2.38. The van der Waals surface area contributed by atoms with Crippen LogP contribution >= 0.6 is 79.6 Å². The van der Waals surface area contributed by atoms with Gasteiger partial charge in [0.2, 0.25) is 29.1 Å². The second-order valence-corrected chi connectivity index (χ2v) is 42.2. The molecule has 0 bridgehead atoms. The number of nitrogens with two attached hydrogens (primary N) is 5. The average Bonchev–Trinajstić information content (AvgIpc) is 1.10. The van der Waals surface area contributed by atoms with Gasteiger partial charge in [-0.25, -0.2) is 95.8 Å². The minimum Gasteiger partial charge on any atom is -0.365 e. The Morgan fingerprint density at radius 1 is 0.321 bits per heavy atom. The molecule has 0 aliphatic carbocycles. The summed E-state index contributed by atoms with van der Waals surface area (Å²) >= 11 is 15.3. The molecule has 5 aromatic heterocycles. The van der Waals surface area contributed by atoms with E-state index in [-0.39, 0.29) is 172 Å². The number of piperidine rings is 1. The molecule has 0 spiro atoms. The third-order valence-electron chi connectivity index (χ3n) is 20.6. The molecule has 10 heterocycles. The van der Waals surface area contributed by atoms with Gasteiger partial charge in [-0.2, -0.15) is 63.6 Å². The molecule has 5 aliphatic rings. The second-order valence-electron chi connectivity index (χ2n) is 30.2. The summed E-state index contributed by atoms with van der Waals surface area (Å²) in [5, 5.41) is 125. The largest absolute Gasteiger partial charge is 0.365 e. The van der Waals surface area contributed by atoms with Crippen LogP contribution in [0.3, 0.4) is 0 Å². The second kappa shape index (κ2) is 49.8. The van der Waals surface area contributed by atoms with E-state index in [1.165, 1.54) is 108 Å². The van der Waals surface area contributed by atoms with Gasteiger partial charge >= 0.3 is 0 Å². The van der Waals surface area contributed by atoms with E-state index in [4.69, 9.17) is 44.2 Å². The Bertz CT molecular complexity index is 6380. The summed E-state index contributed by atoms with van der Waals surface area (Å²) in [5.41, 5.74) is 11.7. The van der Waals surface area contributed by atoms with Crippen molar-refractivity contribution in [1.29, 1.82) is 0 Å². The van der Waals surface area contributed by atoms with Gasteiger partial charge in [0.15, 0.2) is 57.6 Å². The van der Waals surface area contributed by atoms with Crippen molar-refractivity contribution < 1.29 is 113 Å². The summed E-state index contributed by atoms with van der Waals surface area (Å²) in [7, 11) is -18.6. The Labute approximate surface area is 832 Å². The van der Waals surface area contributed by atoms with Gasteiger partial charge in [0, 0.05) is 97.7 Å². The maximum atomic E-state index is 13.4. The zero-order valence-electron chi connectivity index (χ0n) is 71.7. The Hall–Kier alpha value is -10.7. The maximum absolute atomic E-state index is 13.4. The molecule has 70 heteroatoms. The summed E-state index contributed by atoms with van der Waals surface area (Å²) < 4.78 is 211. The molecule has 5 saturated heterocycles. The number of halogens is 10. The number of hydrogen-bond acceptors (Lipinski definition) is 40. The number of rotatable bonds is 30. The number of aliphatic imine (C=N–C) groups is 5. The molecule has 15 rings (SSSR count). The van der Waals surface area contributed by atoms with E-state index in [0.717, 1.165) is 10.7 Å². The van der Waals surface area contributed by atoms with E-state index in [1.54, 1.807) is 0 Å². The van der Waals surface area contributed by atoms with Crippen molar-refractivity contribution in [1.82, 2.24) is 100 Å². The van der Waals surface area contributed by atoms with Gasteiger partial charge in [-0.05, 0) is 284 Å². The smallest absolute Gasteiger partial charge is 0.277 e. The van der Waals surface area contributed by atoms with Gasteiger partial charge < -0.3 is 26.6 Å². The van der Waals surface area contributed by atoms with E-state index < -0.39 is 80.1 Å². The van der Waals surface area contributed by atoms with Gasteiger partial charge in [0.1, 0.15) is 29.1 Å². The molecule has 5 atom stereocenters. The van der Waals surface area contributed by atoms with E-state index in [0.29, 0.717) is 119 Å². The zero-order valence-corrected chi connectivity index (χ0v) is 83.7. The van der Waals surface area contributed by atoms with Crippen molar-refractivity contribution in [3.05, 3.63) is 171 Å². The number of amidine groups is 5. The van der Waals surface area contributed by atoms with E-state index in [2.05, 4.69) is 187 Å². The number of nitrogens with one attached hydrogen (secondary N) is 10. The fourth-order valence-electron chi connectivity index (χ4n) is 13.5. The number of anilines is 5.